The average molecular weight is 605 g/mol. The minimum atomic E-state index is -0.281. The second-order valence-corrected chi connectivity index (χ2v) is 13.6. The normalized spacial score (nSPS) is 26.5. The van der Waals surface area contributed by atoms with Crippen molar-refractivity contribution in [1.29, 1.82) is 0 Å². The Hall–Kier alpha value is -3.67. The van der Waals surface area contributed by atoms with E-state index < -0.39 is 0 Å². The summed E-state index contributed by atoms with van der Waals surface area (Å²) in [6.07, 6.45) is 6.44. The third-order valence-corrected chi connectivity index (χ3v) is 10.7. The van der Waals surface area contributed by atoms with Crippen molar-refractivity contribution in [1.82, 2.24) is 0 Å². The molecule has 3 fully saturated rings. The maximum Gasteiger partial charge on any atom is 0.169 e. The van der Waals surface area contributed by atoms with E-state index in [1.54, 1.807) is 12.1 Å². The second-order valence-electron chi connectivity index (χ2n) is 13.6. The Morgan fingerprint density at radius 3 is 2.16 bits per heavy atom. The SMILES string of the molecule is Fc1ccc([C@H]2CCc3cc(OCc4ccccc4)ccc3[C@H]2c2ccc(OCC3CC4CC5(CC4C3)OCCO5)cc2)cc1. The zero-order chi connectivity index (χ0) is 30.2. The van der Waals surface area contributed by atoms with E-state index in [1.807, 2.05) is 30.3 Å². The maximum atomic E-state index is 13.9. The van der Waals surface area contributed by atoms with Gasteiger partial charge >= 0.3 is 0 Å². The van der Waals surface area contributed by atoms with Gasteiger partial charge in [-0.3, -0.25) is 0 Å². The standard InChI is InChI=1S/C40H41FO4/c41-34-11-6-29(7-12-34)37-16-10-31-22-36(43-25-27-4-2-1-3-5-27)15-17-38(31)39(37)30-8-13-35(14-9-30)42-26-28-20-32-23-40(24-33(32)21-28)44-18-19-45-40/h1-9,11-15,17,22,28,32-33,37,39H,10,16,18-21,23-26H2/t28?,32?,33?,37-,39+/m1/s1. The summed E-state index contributed by atoms with van der Waals surface area (Å²) in [5, 5.41) is 0. The van der Waals surface area contributed by atoms with Crippen molar-refractivity contribution in [2.75, 3.05) is 19.8 Å². The van der Waals surface area contributed by atoms with Crippen LogP contribution in [0.2, 0.25) is 0 Å². The first-order valence-corrected chi connectivity index (χ1v) is 16.7. The molecule has 1 saturated heterocycles. The Morgan fingerprint density at radius 2 is 1.42 bits per heavy atom. The fourth-order valence-corrected chi connectivity index (χ4v) is 8.68. The third-order valence-electron chi connectivity index (χ3n) is 10.7. The molecule has 45 heavy (non-hydrogen) atoms. The number of fused-ring (bicyclic) bond motifs is 2. The number of ether oxygens (including phenoxy) is 4. The molecule has 4 nitrogen and oxygen atoms in total. The topological polar surface area (TPSA) is 36.9 Å². The molecule has 0 N–H and O–H groups in total. The fraction of sp³-hybridized carbons (Fsp3) is 0.400. The van der Waals surface area contributed by atoms with E-state index >= 15 is 0 Å². The van der Waals surface area contributed by atoms with E-state index in [2.05, 4.69) is 54.6 Å². The van der Waals surface area contributed by atoms with Gasteiger partial charge in [0.1, 0.15) is 23.9 Å². The highest BCUT2D eigenvalue weighted by Gasteiger charge is 2.52. The van der Waals surface area contributed by atoms with E-state index in [0.29, 0.717) is 24.4 Å². The molecule has 1 aliphatic heterocycles. The van der Waals surface area contributed by atoms with Crippen molar-refractivity contribution < 1.29 is 23.3 Å². The molecular formula is C40H41FO4. The molecule has 0 aromatic heterocycles. The summed E-state index contributed by atoms with van der Waals surface area (Å²) < 4.78 is 38.4. The molecular weight excluding hydrogens is 563 g/mol. The molecule has 232 valence electrons. The fourth-order valence-electron chi connectivity index (χ4n) is 8.68. The number of hydrogen-bond donors (Lipinski definition) is 0. The van der Waals surface area contributed by atoms with Crippen LogP contribution < -0.4 is 9.47 Å². The lowest BCUT2D eigenvalue weighted by molar-refractivity contribution is -0.156. The molecule has 3 aliphatic carbocycles. The number of halogens is 1. The van der Waals surface area contributed by atoms with Gasteiger partial charge in [-0.25, -0.2) is 4.39 Å². The zero-order valence-corrected chi connectivity index (χ0v) is 25.7. The molecule has 0 radical (unpaired) electrons. The monoisotopic (exact) mass is 604 g/mol. The number of hydrogen-bond acceptors (Lipinski definition) is 4. The van der Waals surface area contributed by atoms with Gasteiger partial charge in [0, 0.05) is 18.8 Å². The maximum absolute atomic E-state index is 13.9. The summed E-state index contributed by atoms with van der Waals surface area (Å²) in [5.41, 5.74) is 6.24. The lowest BCUT2D eigenvalue weighted by atomic mass is 9.69. The number of rotatable bonds is 8. The minimum absolute atomic E-state index is 0.165. The Labute approximate surface area is 265 Å². The Balaban J connectivity index is 0.975. The Kier molecular flexibility index (Phi) is 7.84. The van der Waals surface area contributed by atoms with Crippen molar-refractivity contribution in [2.24, 2.45) is 17.8 Å². The molecule has 1 heterocycles. The molecule has 4 aromatic carbocycles. The van der Waals surface area contributed by atoms with Crippen molar-refractivity contribution in [3.8, 4) is 11.5 Å². The zero-order valence-electron chi connectivity index (χ0n) is 25.7. The van der Waals surface area contributed by atoms with E-state index in [9.17, 15) is 4.39 Å². The highest BCUT2D eigenvalue weighted by molar-refractivity contribution is 5.48. The van der Waals surface area contributed by atoms with Crippen molar-refractivity contribution >= 4 is 0 Å². The van der Waals surface area contributed by atoms with Gasteiger partial charge in [0.05, 0.1) is 19.8 Å². The molecule has 2 saturated carbocycles. The molecule has 4 aromatic rings. The van der Waals surface area contributed by atoms with Crippen molar-refractivity contribution in [2.45, 2.75) is 62.8 Å². The number of benzene rings is 4. The number of aryl methyl sites for hydroxylation is 1. The molecule has 8 rings (SSSR count). The molecule has 1 spiro atoms. The smallest absolute Gasteiger partial charge is 0.169 e. The van der Waals surface area contributed by atoms with Crippen LogP contribution in [0.5, 0.6) is 11.5 Å². The van der Waals surface area contributed by atoms with E-state index in [-0.39, 0.29) is 23.4 Å². The van der Waals surface area contributed by atoms with Gasteiger partial charge in [0.15, 0.2) is 5.79 Å². The van der Waals surface area contributed by atoms with E-state index in [0.717, 1.165) is 62.6 Å². The highest BCUT2D eigenvalue weighted by Crippen LogP contribution is 2.54. The first-order valence-electron chi connectivity index (χ1n) is 16.7. The van der Waals surface area contributed by atoms with E-state index in [4.69, 9.17) is 18.9 Å². The van der Waals surface area contributed by atoms with Gasteiger partial charge in [-0.2, -0.15) is 0 Å². The first-order chi connectivity index (χ1) is 22.1. The van der Waals surface area contributed by atoms with Crippen LogP contribution in [0.25, 0.3) is 0 Å². The van der Waals surface area contributed by atoms with Crippen LogP contribution in [-0.4, -0.2) is 25.6 Å². The van der Waals surface area contributed by atoms with Gasteiger partial charge in [0.25, 0.3) is 0 Å². The van der Waals surface area contributed by atoms with Crippen LogP contribution in [-0.2, 0) is 22.5 Å². The van der Waals surface area contributed by atoms with Crippen LogP contribution >= 0.6 is 0 Å². The molecule has 4 aliphatic rings. The van der Waals surface area contributed by atoms with Crippen LogP contribution in [0.4, 0.5) is 4.39 Å². The molecule has 0 bridgehead atoms. The molecule has 4 atom stereocenters. The van der Waals surface area contributed by atoms with Gasteiger partial charge in [-0.1, -0.05) is 60.7 Å². The Bertz CT molecular complexity index is 1580. The van der Waals surface area contributed by atoms with Crippen LogP contribution in [0, 0.1) is 23.6 Å². The van der Waals surface area contributed by atoms with Gasteiger partial charge < -0.3 is 18.9 Å². The average Bonchev–Trinajstić information content (AvgIpc) is 3.78. The first kappa shape index (κ1) is 28.8. The van der Waals surface area contributed by atoms with Crippen molar-refractivity contribution in [3.63, 3.8) is 0 Å². The summed E-state index contributed by atoms with van der Waals surface area (Å²) in [6, 6.07) is 32.6. The van der Waals surface area contributed by atoms with Crippen LogP contribution in [0.3, 0.4) is 0 Å². The summed E-state index contributed by atoms with van der Waals surface area (Å²) in [7, 11) is 0. The lowest BCUT2D eigenvalue weighted by Crippen LogP contribution is -2.27. The predicted octanol–water partition coefficient (Wildman–Crippen LogP) is 8.82. The van der Waals surface area contributed by atoms with Crippen molar-refractivity contribution in [3.05, 3.63) is 131 Å². The molecule has 0 amide bonds. The third kappa shape index (κ3) is 6.01. The summed E-state index contributed by atoms with van der Waals surface area (Å²) in [6.45, 7) is 2.79. The summed E-state index contributed by atoms with van der Waals surface area (Å²) >= 11 is 0. The van der Waals surface area contributed by atoms with Gasteiger partial charge in [-0.05, 0) is 114 Å². The quantitative estimate of drug-likeness (QED) is 0.201. The summed E-state index contributed by atoms with van der Waals surface area (Å²) in [5.74, 6) is 3.74. The van der Waals surface area contributed by atoms with Gasteiger partial charge in [-0.15, -0.1) is 0 Å². The summed E-state index contributed by atoms with van der Waals surface area (Å²) in [4.78, 5) is 0. The van der Waals surface area contributed by atoms with Crippen LogP contribution in [0.15, 0.2) is 97.1 Å². The Morgan fingerprint density at radius 1 is 0.733 bits per heavy atom. The lowest BCUT2D eigenvalue weighted by Gasteiger charge is -2.35. The predicted molar refractivity (Wildman–Crippen MR) is 172 cm³/mol. The minimum Gasteiger partial charge on any atom is -0.493 e. The second kappa shape index (κ2) is 12.3. The van der Waals surface area contributed by atoms with E-state index in [1.165, 1.54) is 35.1 Å². The largest absolute Gasteiger partial charge is 0.493 e. The highest BCUT2D eigenvalue weighted by atomic mass is 19.1. The molecule has 2 unspecified atom stereocenters. The molecule has 5 heteroatoms. The van der Waals surface area contributed by atoms with Gasteiger partial charge in [0.2, 0.25) is 0 Å². The van der Waals surface area contributed by atoms with Crippen LogP contribution in [0.1, 0.15) is 71.8 Å².